The van der Waals surface area contributed by atoms with E-state index in [-0.39, 0.29) is 4.90 Å². The maximum atomic E-state index is 11.9. The molecule has 1 aromatic heterocycles. The lowest BCUT2D eigenvalue weighted by Gasteiger charge is -2.10. The van der Waals surface area contributed by atoms with Crippen LogP contribution in [0.4, 0.5) is 10.5 Å². The zero-order valence-corrected chi connectivity index (χ0v) is 15.1. The zero-order valence-electron chi connectivity index (χ0n) is 12.6. The summed E-state index contributed by atoms with van der Waals surface area (Å²) in [4.78, 5) is 13.3. The first-order chi connectivity index (χ1) is 11.0. The van der Waals surface area contributed by atoms with Gasteiger partial charge in [-0.1, -0.05) is 18.2 Å². The number of carbonyl (C=O) groups excluding carboxylic acids is 1. The van der Waals surface area contributed by atoms with Crippen LogP contribution >= 0.6 is 23.1 Å². The predicted molar refractivity (Wildman–Crippen MR) is 97.1 cm³/mol. The van der Waals surface area contributed by atoms with E-state index in [1.807, 2.05) is 11.4 Å². The van der Waals surface area contributed by atoms with Crippen LogP contribution in [0.2, 0.25) is 0 Å². The topological polar surface area (TPSA) is 75.3 Å². The summed E-state index contributed by atoms with van der Waals surface area (Å²) in [5.41, 5.74) is 0.290. The van der Waals surface area contributed by atoms with Crippen LogP contribution in [0.1, 0.15) is 4.88 Å². The van der Waals surface area contributed by atoms with Crippen LogP contribution < -0.4 is 10.6 Å². The molecule has 0 bridgehead atoms. The van der Waals surface area contributed by atoms with Crippen LogP contribution in [-0.4, -0.2) is 33.0 Å². The van der Waals surface area contributed by atoms with Crippen LogP contribution in [0.3, 0.4) is 0 Å². The van der Waals surface area contributed by atoms with E-state index in [4.69, 9.17) is 0 Å². The van der Waals surface area contributed by atoms with Gasteiger partial charge in [-0.05, 0) is 23.6 Å². The highest BCUT2D eigenvalue weighted by Gasteiger charge is 2.14. The summed E-state index contributed by atoms with van der Waals surface area (Å²) in [6.45, 7) is 0.517. The molecule has 0 aliphatic heterocycles. The maximum Gasteiger partial charge on any atom is 0.319 e. The van der Waals surface area contributed by atoms with Gasteiger partial charge in [0.2, 0.25) is 0 Å². The van der Waals surface area contributed by atoms with E-state index in [2.05, 4.69) is 16.7 Å². The van der Waals surface area contributed by atoms with Crippen molar-refractivity contribution in [1.29, 1.82) is 0 Å². The van der Waals surface area contributed by atoms with E-state index in [0.717, 1.165) is 17.8 Å². The number of benzene rings is 1. The first kappa shape index (κ1) is 17.8. The van der Waals surface area contributed by atoms with E-state index in [1.54, 1.807) is 41.3 Å². The molecule has 0 atom stereocenters. The van der Waals surface area contributed by atoms with Crippen LogP contribution in [0, 0.1) is 0 Å². The van der Waals surface area contributed by atoms with Gasteiger partial charge in [0.1, 0.15) is 0 Å². The summed E-state index contributed by atoms with van der Waals surface area (Å²) in [6, 6.07) is 10.1. The molecule has 124 valence electrons. The van der Waals surface area contributed by atoms with Crippen molar-refractivity contribution in [2.45, 2.75) is 10.6 Å². The number of para-hydroxylation sites is 1. The Morgan fingerprint density at radius 1 is 1.22 bits per heavy atom. The molecule has 0 saturated carbocycles. The fraction of sp³-hybridized carbons (Fsp3) is 0.267. The van der Waals surface area contributed by atoms with Gasteiger partial charge in [-0.15, -0.1) is 11.3 Å². The van der Waals surface area contributed by atoms with Gasteiger partial charge >= 0.3 is 6.03 Å². The van der Waals surface area contributed by atoms with Crippen molar-refractivity contribution in [1.82, 2.24) is 5.32 Å². The molecule has 2 amide bonds. The van der Waals surface area contributed by atoms with Gasteiger partial charge in [-0.2, -0.15) is 11.8 Å². The number of urea groups is 1. The second-order valence-electron chi connectivity index (χ2n) is 4.78. The molecule has 0 unspecified atom stereocenters. The summed E-state index contributed by atoms with van der Waals surface area (Å²) >= 11 is 3.45. The van der Waals surface area contributed by atoms with Gasteiger partial charge in [0.15, 0.2) is 9.84 Å². The number of nitrogens with one attached hydrogen (secondary N) is 2. The number of anilines is 1. The van der Waals surface area contributed by atoms with Gasteiger partial charge in [-0.25, -0.2) is 13.2 Å². The van der Waals surface area contributed by atoms with Gasteiger partial charge in [-0.3, -0.25) is 0 Å². The third-order valence-corrected chi connectivity index (χ3v) is 6.11. The molecule has 0 aliphatic rings. The second-order valence-corrected chi connectivity index (χ2v) is 8.90. The number of carbonyl (C=O) groups is 1. The van der Waals surface area contributed by atoms with Crippen LogP contribution in [0.25, 0.3) is 0 Å². The summed E-state index contributed by atoms with van der Waals surface area (Å²) in [6.07, 6.45) is 1.12. The lowest BCUT2D eigenvalue weighted by molar-refractivity contribution is 0.252. The lowest BCUT2D eigenvalue weighted by atomic mass is 10.3. The Kier molecular flexibility index (Phi) is 6.49. The second kappa shape index (κ2) is 8.37. The number of amides is 2. The molecule has 2 aromatic rings. The molecule has 0 radical (unpaired) electrons. The largest absolute Gasteiger partial charge is 0.337 e. The minimum absolute atomic E-state index is 0.113. The maximum absolute atomic E-state index is 11.9. The van der Waals surface area contributed by atoms with E-state index in [9.17, 15) is 13.2 Å². The Bertz CT molecular complexity index is 743. The average molecular weight is 371 g/mol. The molecule has 1 heterocycles. The van der Waals surface area contributed by atoms with Gasteiger partial charge in [0.25, 0.3) is 0 Å². The first-order valence-electron chi connectivity index (χ1n) is 6.91. The molecule has 5 nitrogen and oxygen atoms in total. The summed E-state index contributed by atoms with van der Waals surface area (Å²) in [7, 11) is -3.38. The van der Waals surface area contributed by atoms with Crippen molar-refractivity contribution in [2.24, 2.45) is 0 Å². The number of thiophene rings is 1. The Morgan fingerprint density at radius 3 is 2.70 bits per heavy atom. The quantitative estimate of drug-likeness (QED) is 0.734. The highest BCUT2D eigenvalue weighted by Crippen LogP contribution is 2.20. The van der Waals surface area contributed by atoms with Crippen molar-refractivity contribution in [3.8, 4) is 0 Å². The minimum Gasteiger partial charge on any atom is -0.337 e. The van der Waals surface area contributed by atoms with Crippen LogP contribution in [0.15, 0.2) is 46.7 Å². The zero-order chi connectivity index (χ0) is 16.7. The van der Waals surface area contributed by atoms with Crippen molar-refractivity contribution < 1.29 is 13.2 Å². The monoisotopic (exact) mass is 370 g/mol. The third-order valence-electron chi connectivity index (χ3n) is 2.89. The molecule has 0 spiro atoms. The number of hydrogen-bond acceptors (Lipinski definition) is 5. The van der Waals surface area contributed by atoms with Gasteiger partial charge < -0.3 is 10.6 Å². The molecule has 0 saturated heterocycles. The normalized spacial score (nSPS) is 11.2. The smallest absolute Gasteiger partial charge is 0.319 e. The lowest BCUT2D eigenvalue weighted by Crippen LogP contribution is -2.31. The Balaban J connectivity index is 1.77. The van der Waals surface area contributed by atoms with E-state index >= 15 is 0 Å². The van der Waals surface area contributed by atoms with E-state index in [0.29, 0.717) is 12.2 Å². The average Bonchev–Trinajstić information content (AvgIpc) is 2.99. The van der Waals surface area contributed by atoms with Crippen molar-refractivity contribution in [2.75, 3.05) is 23.9 Å². The number of thioether (sulfide) groups is 1. The molecule has 1 aromatic carbocycles. The molecule has 8 heteroatoms. The molecule has 2 N–H and O–H groups in total. The molecular formula is C15H18N2O3S3. The minimum atomic E-state index is -3.38. The molecule has 23 heavy (non-hydrogen) atoms. The van der Waals surface area contributed by atoms with Gasteiger partial charge in [0, 0.05) is 29.2 Å². The van der Waals surface area contributed by atoms with E-state index < -0.39 is 15.9 Å². The molecule has 0 fully saturated rings. The van der Waals surface area contributed by atoms with Crippen molar-refractivity contribution >= 4 is 44.7 Å². The number of rotatable bonds is 7. The van der Waals surface area contributed by atoms with Gasteiger partial charge in [0.05, 0.1) is 10.6 Å². The third kappa shape index (κ3) is 5.89. The van der Waals surface area contributed by atoms with Crippen molar-refractivity contribution in [3.63, 3.8) is 0 Å². The fourth-order valence-electron chi connectivity index (χ4n) is 1.86. The predicted octanol–water partition coefficient (Wildman–Crippen LogP) is 3.21. The summed E-state index contributed by atoms with van der Waals surface area (Å²) in [5, 5.41) is 7.36. The summed E-state index contributed by atoms with van der Waals surface area (Å²) in [5.74, 6) is 1.72. The SMILES string of the molecule is CS(=O)(=O)c1ccccc1NC(=O)NCCSCc1cccs1. The highest BCUT2D eigenvalue weighted by molar-refractivity contribution is 7.98. The van der Waals surface area contributed by atoms with Crippen molar-refractivity contribution in [3.05, 3.63) is 46.7 Å². The Morgan fingerprint density at radius 2 is 2.00 bits per heavy atom. The van der Waals surface area contributed by atoms with E-state index in [1.165, 1.54) is 10.9 Å². The highest BCUT2D eigenvalue weighted by atomic mass is 32.2. The van der Waals surface area contributed by atoms with Crippen LogP contribution in [0.5, 0.6) is 0 Å². The first-order valence-corrected chi connectivity index (χ1v) is 10.8. The summed E-state index contributed by atoms with van der Waals surface area (Å²) < 4.78 is 23.3. The number of sulfone groups is 1. The van der Waals surface area contributed by atoms with Crippen LogP contribution in [-0.2, 0) is 15.6 Å². The molecular weight excluding hydrogens is 352 g/mol. The Labute approximate surface area is 144 Å². The molecule has 0 aliphatic carbocycles. The Hall–Kier alpha value is -1.51. The number of hydrogen-bond donors (Lipinski definition) is 2. The fourth-order valence-corrected chi connectivity index (χ4v) is 4.41. The standard InChI is InChI=1S/C15H18N2O3S3/c1-23(19,20)14-7-3-2-6-13(14)17-15(18)16-8-10-21-11-12-5-4-9-22-12/h2-7,9H,8,10-11H2,1H3,(H2,16,17,18). The molecule has 2 rings (SSSR count).